The Bertz CT molecular complexity index is 612. The first-order chi connectivity index (χ1) is 11.2. The Kier molecular flexibility index (Phi) is 5.52. The Morgan fingerprint density at radius 2 is 1.83 bits per heavy atom. The van der Waals surface area contributed by atoms with Crippen LogP contribution in [0.1, 0.15) is 57.8 Å². The standard InChI is InChI=1S/C19H28N2O3/c1-13-8-10-21(11-9-13)17-7-6-15(12-16(17)14(2)22)20-18(23)24-19(3,4)5/h6-7,12-13H,8-11H2,1-5H3,(H,20,23). The summed E-state index contributed by atoms with van der Waals surface area (Å²) in [7, 11) is 0. The normalized spacial score (nSPS) is 16.0. The number of Topliss-reactive ketones (excluding diaryl/α,β-unsaturated/α-hetero) is 1. The van der Waals surface area contributed by atoms with Gasteiger partial charge in [-0.1, -0.05) is 6.92 Å². The van der Waals surface area contributed by atoms with E-state index < -0.39 is 11.7 Å². The molecule has 5 nitrogen and oxygen atoms in total. The van der Waals surface area contributed by atoms with E-state index >= 15 is 0 Å². The van der Waals surface area contributed by atoms with Gasteiger partial charge in [0.05, 0.1) is 0 Å². The largest absolute Gasteiger partial charge is 0.444 e. The van der Waals surface area contributed by atoms with Gasteiger partial charge in [0.15, 0.2) is 5.78 Å². The lowest BCUT2D eigenvalue weighted by molar-refractivity contribution is 0.0635. The summed E-state index contributed by atoms with van der Waals surface area (Å²) < 4.78 is 5.25. The van der Waals surface area contributed by atoms with Crippen LogP contribution in [-0.4, -0.2) is 30.6 Å². The molecule has 132 valence electrons. The predicted molar refractivity (Wildman–Crippen MR) is 96.9 cm³/mol. The molecule has 1 amide bonds. The summed E-state index contributed by atoms with van der Waals surface area (Å²) >= 11 is 0. The zero-order valence-corrected chi connectivity index (χ0v) is 15.3. The Balaban J connectivity index is 2.17. The third-order valence-electron chi connectivity index (χ3n) is 4.15. The SMILES string of the molecule is CC(=O)c1cc(NC(=O)OC(C)(C)C)ccc1N1CCC(C)CC1. The van der Waals surface area contributed by atoms with Crippen LogP contribution in [0.4, 0.5) is 16.2 Å². The molecule has 0 unspecified atom stereocenters. The number of nitrogens with one attached hydrogen (secondary N) is 1. The molecule has 0 bridgehead atoms. The van der Waals surface area contributed by atoms with Crippen LogP contribution in [0.3, 0.4) is 0 Å². The number of hydrogen-bond donors (Lipinski definition) is 1. The van der Waals surface area contributed by atoms with Gasteiger partial charge >= 0.3 is 6.09 Å². The van der Waals surface area contributed by atoms with Crippen LogP contribution in [-0.2, 0) is 4.74 Å². The Morgan fingerprint density at radius 1 is 1.21 bits per heavy atom. The van der Waals surface area contributed by atoms with Crippen molar-refractivity contribution in [2.75, 3.05) is 23.3 Å². The number of carbonyl (C=O) groups excluding carboxylic acids is 2. The van der Waals surface area contributed by atoms with Crippen LogP contribution in [0, 0.1) is 5.92 Å². The fourth-order valence-corrected chi connectivity index (χ4v) is 2.84. The van der Waals surface area contributed by atoms with Gasteiger partial charge in [0, 0.05) is 30.0 Å². The number of nitrogens with zero attached hydrogens (tertiary/aromatic N) is 1. The van der Waals surface area contributed by atoms with E-state index in [1.54, 1.807) is 13.0 Å². The molecule has 0 radical (unpaired) electrons. The van der Waals surface area contributed by atoms with Crippen molar-refractivity contribution < 1.29 is 14.3 Å². The van der Waals surface area contributed by atoms with Gasteiger partial charge in [0.25, 0.3) is 0 Å². The van der Waals surface area contributed by atoms with Crippen molar-refractivity contribution in [3.8, 4) is 0 Å². The third-order valence-corrected chi connectivity index (χ3v) is 4.15. The number of amides is 1. The highest BCUT2D eigenvalue weighted by Crippen LogP contribution is 2.29. The van der Waals surface area contributed by atoms with Crippen molar-refractivity contribution >= 4 is 23.3 Å². The molecule has 1 N–H and O–H groups in total. The Labute approximate surface area is 144 Å². The van der Waals surface area contributed by atoms with Crippen LogP contribution in [0.25, 0.3) is 0 Å². The molecule has 1 aromatic carbocycles. The van der Waals surface area contributed by atoms with Gasteiger partial charge < -0.3 is 9.64 Å². The number of ketones is 1. The number of carbonyl (C=O) groups is 2. The van der Waals surface area contributed by atoms with Gasteiger partial charge in [0.2, 0.25) is 0 Å². The van der Waals surface area contributed by atoms with E-state index in [2.05, 4.69) is 17.1 Å². The maximum absolute atomic E-state index is 12.1. The number of rotatable bonds is 3. The summed E-state index contributed by atoms with van der Waals surface area (Å²) in [6.07, 6.45) is 1.75. The monoisotopic (exact) mass is 332 g/mol. The highest BCUT2D eigenvalue weighted by Gasteiger charge is 2.21. The van der Waals surface area contributed by atoms with Crippen molar-refractivity contribution in [2.24, 2.45) is 5.92 Å². The van der Waals surface area contributed by atoms with Gasteiger partial charge in [-0.2, -0.15) is 0 Å². The molecule has 0 aliphatic carbocycles. The highest BCUT2D eigenvalue weighted by molar-refractivity contribution is 6.01. The van der Waals surface area contributed by atoms with E-state index in [0.717, 1.165) is 37.5 Å². The van der Waals surface area contributed by atoms with Gasteiger partial charge in [-0.05, 0) is 64.7 Å². The van der Waals surface area contributed by atoms with Crippen molar-refractivity contribution in [1.82, 2.24) is 0 Å². The van der Waals surface area contributed by atoms with Crippen molar-refractivity contribution in [3.63, 3.8) is 0 Å². The molecule has 1 saturated heterocycles. The van der Waals surface area contributed by atoms with E-state index in [4.69, 9.17) is 4.74 Å². The predicted octanol–water partition coefficient (Wildman–Crippen LogP) is 4.47. The molecule has 5 heteroatoms. The molecule has 1 aliphatic heterocycles. The van der Waals surface area contributed by atoms with Gasteiger partial charge in [-0.25, -0.2) is 4.79 Å². The lowest BCUT2D eigenvalue weighted by Crippen LogP contribution is -2.33. The van der Waals surface area contributed by atoms with Crippen LogP contribution >= 0.6 is 0 Å². The molecule has 1 heterocycles. The molecule has 0 atom stereocenters. The minimum atomic E-state index is -0.558. The Morgan fingerprint density at radius 3 is 2.38 bits per heavy atom. The second kappa shape index (κ2) is 7.24. The highest BCUT2D eigenvalue weighted by atomic mass is 16.6. The van der Waals surface area contributed by atoms with Gasteiger partial charge in [0.1, 0.15) is 5.60 Å². The van der Waals surface area contributed by atoms with Gasteiger partial charge in [-0.3, -0.25) is 10.1 Å². The first kappa shape index (κ1) is 18.3. The molecule has 0 aromatic heterocycles. The summed E-state index contributed by atoms with van der Waals surface area (Å²) in [5.74, 6) is 0.728. The van der Waals surface area contributed by atoms with Crippen molar-refractivity contribution in [2.45, 2.75) is 53.1 Å². The van der Waals surface area contributed by atoms with Gasteiger partial charge in [-0.15, -0.1) is 0 Å². The lowest BCUT2D eigenvalue weighted by Gasteiger charge is -2.33. The fraction of sp³-hybridized carbons (Fsp3) is 0.579. The quantitative estimate of drug-likeness (QED) is 0.830. The number of benzene rings is 1. The first-order valence-corrected chi connectivity index (χ1v) is 8.55. The van der Waals surface area contributed by atoms with Crippen LogP contribution in [0.2, 0.25) is 0 Å². The summed E-state index contributed by atoms with van der Waals surface area (Å²) in [6, 6.07) is 5.47. The summed E-state index contributed by atoms with van der Waals surface area (Å²) in [5, 5.41) is 2.70. The maximum atomic E-state index is 12.1. The van der Waals surface area contributed by atoms with E-state index in [1.807, 2.05) is 32.9 Å². The summed E-state index contributed by atoms with van der Waals surface area (Å²) in [4.78, 5) is 26.2. The van der Waals surface area contributed by atoms with Crippen molar-refractivity contribution in [3.05, 3.63) is 23.8 Å². The zero-order valence-electron chi connectivity index (χ0n) is 15.3. The third kappa shape index (κ3) is 4.98. The van der Waals surface area contributed by atoms with E-state index in [0.29, 0.717) is 11.3 Å². The molecule has 0 spiro atoms. The molecule has 1 aromatic rings. The minimum Gasteiger partial charge on any atom is -0.444 e. The molecule has 0 saturated carbocycles. The first-order valence-electron chi connectivity index (χ1n) is 8.55. The summed E-state index contributed by atoms with van der Waals surface area (Å²) in [6.45, 7) is 11.2. The molecule has 24 heavy (non-hydrogen) atoms. The van der Waals surface area contributed by atoms with E-state index in [1.165, 1.54) is 0 Å². The van der Waals surface area contributed by atoms with E-state index in [-0.39, 0.29) is 5.78 Å². The molecular formula is C19H28N2O3. The molecule has 1 fully saturated rings. The second-order valence-corrected chi connectivity index (χ2v) is 7.58. The Hall–Kier alpha value is -2.04. The molecular weight excluding hydrogens is 304 g/mol. The van der Waals surface area contributed by atoms with E-state index in [9.17, 15) is 9.59 Å². The molecule has 1 aliphatic rings. The van der Waals surface area contributed by atoms with Crippen LogP contribution in [0.15, 0.2) is 18.2 Å². The van der Waals surface area contributed by atoms with Crippen molar-refractivity contribution in [1.29, 1.82) is 0 Å². The lowest BCUT2D eigenvalue weighted by atomic mass is 9.97. The summed E-state index contributed by atoms with van der Waals surface area (Å²) in [5.41, 5.74) is 1.60. The second-order valence-electron chi connectivity index (χ2n) is 7.58. The fourth-order valence-electron chi connectivity index (χ4n) is 2.84. The smallest absolute Gasteiger partial charge is 0.412 e. The average molecular weight is 332 g/mol. The number of hydrogen-bond acceptors (Lipinski definition) is 4. The topological polar surface area (TPSA) is 58.6 Å². The number of piperidine rings is 1. The average Bonchev–Trinajstić information content (AvgIpc) is 2.46. The van der Waals surface area contributed by atoms with Crippen LogP contribution in [0.5, 0.6) is 0 Å². The zero-order chi connectivity index (χ0) is 17.9. The number of ether oxygens (including phenoxy) is 1. The number of anilines is 2. The minimum absolute atomic E-state index is 0.00328. The molecule has 2 rings (SSSR count). The van der Waals surface area contributed by atoms with Crippen LogP contribution < -0.4 is 10.2 Å². The maximum Gasteiger partial charge on any atom is 0.412 e.